The molecule has 0 radical (unpaired) electrons. The number of nitrogens with one attached hydrogen (secondary N) is 2. The van der Waals surface area contributed by atoms with Crippen molar-refractivity contribution in [3.8, 4) is 0 Å². The summed E-state index contributed by atoms with van der Waals surface area (Å²) in [6, 6.07) is 12.2. The molecular weight excluding hydrogens is 328 g/mol. The molecular formula is C18H15ClN2O3. The Labute approximate surface area is 143 Å². The van der Waals surface area contributed by atoms with E-state index in [1.54, 1.807) is 30.3 Å². The molecule has 0 atom stereocenters. The molecule has 0 aliphatic carbocycles. The zero-order chi connectivity index (χ0) is 17.3. The van der Waals surface area contributed by atoms with Crippen molar-refractivity contribution < 1.29 is 14.0 Å². The molecule has 0 saturated carbocycles. The summed E-state index contributed by atoms with van der Waals surface area (Å²) in [6.45, 7) is 3.25. The van der Waals surface area contributed by atoms with Gasteiger partial charge in [0.05, 0.1) is 5.02 Å². The van der Waals surface area contributed by atoms with Crippen LogP contribution >= 0.6 is 11.6 Å². The predicted octanol–water partition coefficient (Wildman–Crippen LogP) is 4.61. The summed E-state index contributed by atoms with van der Waals surface area (Å²) in [4.78, 5) is 23.5. The number of carbonyl (C=O) groups is 2. The molecule has 2 N–H and O–H groups in total. The van der Waals surface area contributed by atoms with Crippen molar-refractivity contribution in [3.63, 3.8) is 0 Å². The molecule has 0 aliphatic heterocycles. The van der Waals surface area contributed by atoms with E-state index in [0.29, 0.717) is 22.0 Å². The number of fused-ring (bicyclic) bond motifs is 1. The maximum atomic E-state index is 12.5. The van der Waals surface area contributed by atoms with Crippen LogP contribution < -0.4 is 10.6 Å². The fourth-order valence-corrected chi connectivity index (χ4v) is 2.67. The van der Waals surface area contributed by atoms with Gasteiger partial charge in [0.2, 0.25) is 5.91 Å². The Morgan fingerprint density at radius 1 is 1.00 bits per heavy atom. The SMILES string of the molecule is CC(=O)Nc1ccc(NC(=O)c2oc3c(Cl)cccc3c2C)cc1. The van der Waals surface area contributed by atoms with Crippen LogP contribution in [0.5, 0.6) is 0 Å². The van der Waals surface area contributed by atoms with Gasteiger partial charge in [-0.25, -0.2) is 0 Å². The molecule has 24 heavy (non-hydrogen) atoms. The van der Waals surface area contributed by atoms with E-state index in [1.807, 2.05) is 19.1 Å². The Bertz CT molecular complexity index is 929. The van der Waals surface area contributed by atoms with Crippen LogP contribution in [0.25, 0.3) is 11.0 Å². The summed E-state index contributed by atoms with van der Waals surface area (Å²) in [5, 5.41) is 6.72. The van der Waals surface area contributed by atoms with Crippen molar-refractivity contribution in [1.82, 2.24) is 0 Å². The first-order valence-electron chi connectivity index (χ1n) is 7.32. The van der Waals surface area contributed by atoms with E-state index in [9.17, 15) is 9.59 Å². The normalized spacial score (nSPS) is 10.6. The highest BCUT2D eigenvalue weighted by Crippen LogP contribution is 2.31. The van der Waals surface area contributed by atoms with E-state index >= 15 is 0 Å². The van der Waals surface area contributed by atoms with Gasteiger partial charge in [0, 0.05) is 29.2 Å². The quantitative estimate of drug-likeness (QED) is 0.730. The van der Waals surface area contributed by atoms with Crippen LogP contribution in [0.1, 0.15) is 23.0 Å². The van der Waals surface area contributed by atoms with E-state index in [4.69, 9.17) is 16.0 Å². The number of para-hydroxylation sites is 1. The third kappa shape index (κ3) is 3.12. The number of anilines is 2. The van der Waals surface area contributed by atoms with Crippen LogP contribution in [0, 0.1) is 6.92 Å². The van der Waals surface area contributed by atoms with Crippen LogP contribution in [-0.4, -0.2) is 11.8 Å². The first-order valence-corrected chi connectivity index (χ1v) is 7.70. The second-order valence-electron chi connectivity index (χ2n) is 5.39. The number of furan rings is 1. The summed E-state index contributed by atoms with van der Waals surface area (Å²) in [5.74, 6) is -0.280. The van der Waals surface area contributed by atoms with Crippen molar-refractivity contribution in [2.45, 2.75) is 13.8 Å². The molecule has 3 aromatic rings. The molecule has 0 saturated heterocycles. The third-order valence-corrected chi connectivity index (χ3v) is 3.88. The van der Waals surface area contributed by atoms with E-state index in [1.165, 1.54) is 6.92 Å². The average molecular weight is 343 g/mol. The van der Waals surface area contributed by atoms with Gasteiger partial charge in [-0.1, -0.05) is 23.7 Å². The Hall–Kier alpha value is -2.79. The average Bonchev–Trinajstić information content (AvgIpc) is 2.88. The molecule has 1 heterocycles. The van der Waals surface area contributed by atoms with Crippen molar-refractivity contribution in [1.29, 1.82) is 0 Å². The molecule has 2 amide bonds. The first-order chi connectivity index (χ1) is 11.5. The van der Waals surface area contributed by atoms with Crippen LogP contribution in [0.3, 0.4) is 0 Å². The smallest absolute Gasteiger partial charge is 0.291 e. The molecule has 122 valence electrons. The van der Waals surface area contributed by atoms with E-state index < -0.39 is 0 Å². The van der Waals surface area contributed by atoms with Gasteiger partial charge >= 0.3 is 0 Å². The van der Waals surface area contributed by atoms with Crippen LogP contribution in [-0.2, 0) is 4.79 Å². The van der Waals surface area contributed by atoms with Gasteiger partial charge in [-0.05, 0) is 37.3 Å². The number of rotatable bonds is 3. The second-order valence-corrected chi connectivity index (χ2v) is 5.79. The monoisotopic (exact) mass is 342 g/mol. The van der Waals surface area contributed by atoms with Gasteiger partial charge in [0.15, 0.2) is 11.3 Å². The molecule has 0 aliphatic rings. The van der Waals surface area contributed by atoms with E-state index in [2.05, 4.69) is 10.6 Å². The van der Waals surface area contributed by atoms with Gasteiger partial charge in [-0.3, -0.25) is 9.59 Å². The van der Waals surface area contributed by atoms with Crippen LogP contribution in [0.4, 0.5) is 11.4 Å². The minimum Gasteiger partial charge on any atom is -0.449 e. The summed E-state index contributed by atoms with van der Waals surface area (Å²) >= 11 is 6.11. The summed E-state index contributed by atoms with van der Waals surface area (Å²) in [5.41, 5.74) is 2.50. The Morgan fingerprint density at radius 2 is 1.62 bits per heavy atom. The summed E-state index contributed by atoms with van der Waals surface area (Å²) < 4.78 is 5.64. The number of benzene rings is 2. The first kappa shape index (κ1) is 16.1. The standard InChI is InChI=1S/C18H15ClN2O3/c1-10-14-4-3-5-15(19)17(14)24-16(10)18(23)21-13-8-6-12(7-9-13)20-11(2)22/h3-9H,1-2H3,(H,20,22)(H,21,23). The highest BCUT2D eigenvalue weighted by atomic mass is 35.5. The Balaban J connectivity index is 1.84. The van der Waals surface area contributed by atoms with Gasteiger partial charge < -0.3 is 15.1 Å². The lowest BCUT2D eigenvalue weighted by atomic mass is 10.1. The molecule has 6 heteroatoms. The third-order valence-electron chi connectivity index (χ3n) is 3.59. The minimum absolute atomic E-state index is 0.151. The van der Waals surface area contributed by atoms with Crippen molar-refractivity contribution in [3.05, 3.63) is 58.8 Å². The molecule has 3 rings (SSSR count). The fourth-order valence-electron chi connectivity index (χ4n) is 2.45. The Kier molecular flexibility index (Phi) is 4.27. The number of aryl methyl sites for hydroxylation is 1. The molecule has 0 bridgehead atoms. The Morgan fingerprint density at radius 3 is 2.21 bits per heavy atom. The number of hydrogen-bond acceptors (Lipinski definition) is 3. The number of carbonyl (C=O) groups excluding carboxylic acids is 2. The minimum atomic E-state index is -0.355. The van der Waals surface area contributed by atoms with E-state index in [0.717, 1.165) is 10.9 Å². The lowest BCUT2D eigenvalue weighted by molar-refractivity contribution is -0.114. The topological polar surface area (TPSA) is 71.3 Å². The predicted molar refractivity (Wildman–Crippen MR) is 94.7 cm³/mol. The lowest BCUT2D eigenvalue weighted by Crippen LogP contribution is -2.12. The molecule has 0 spiro atoms. The molecule has 1 aromatic heterocycles. The van der Waals surface area contributed by atoms with Crippen molar-refractivity contribution in [2.24, 2.45) is 0 Å². The summed E-state index contributed by atoms with van der Waals surface area (Å²) in [6.07, 6.45) is 0. The number of amides is 2. The van der Waals surface area contributed by atoms with E-state index in [-0.39, 0.29) is 17.6 Å². The molecule has 0 fully saturated rings. The van der Waals surface area contributed by atoms with Crippen molar-refractivity contribution in [2.75, 3.05) is 10.6 Å². The zero-order valence-corrected chi connectivity index (χ0v) is 13.9. The van der Waals surface area contributed by atoms with Gasteiger partial charge in [-0.2, -0.15) is 0 Å². The fraction of sp³-hybridized carbons (Fsp3) is 0.111. The molecule has 5 nitrogen and oxygen atoms in total. The van der Waals surface area contributed by atoms with Crippen LogP contribution in [0.15, 0.2) is 46.9 Å². The summed E-state index contributed by atoms with van der Waals surface area (Å²) in [7, 11) is 0. The second kappa shape index (κ2) is 6.37. The van der Waals surface area contributed by atoms with Crippen molar-refractivity contribution >= 4 is 45.8 Å². The van der Waals surface area contributed by atoms with Gasteiger partial charge in [-0.15, -0.1) is 0 Å². The highest BCUT2D eigenvalue weighted by molar-refractivity contribution is 6.35. The zero-order valence-electron chi connectivity index (χ0n) is 13.1. The highest BCUT2D eigenvalue weighted by Gasteiger charge is 2.19. The largest absolute Gasteiger partial charge is 0.449 e. The molecule has 0 unspecified atom stereocenters. The lowest BCUT2D eigenvalue weighted by Gasteiger charge is -2.06. The van der Waals surface area contributed by atoms with Gasteiger partial charge in [0.25, 0.3) is 5.91 Å². The van der Waals surface area contributed by atoms with Gasteiger partial charge in [0.1, 0.15) is 0 Å². The maximum absolute atomic E-state index is 12.5. The number of hydrogen-bond donors (Lipinski definition) is 2. The maximum Gasteiger partial charge on any atom is 0.291 e. The van der Waals surface area contributed by atoms with Crippen LogP contribution in [0.2, 0.25) is 5.02 Å². The number of halogens is 1. The molecule has 2 aromatic carbocycles.